The second kappa shape index (κ2) is 6.40. The molecular formula is C17H22N4O2. The van der Waals surface area contributed by atoms with E-state index in [0.29, 0.717) is 17.2 Å². The summed E-state index contributed by atoms with van der Waals surface area (Å²) < 4.78 is 2.13. The number of amides is 1. The van der Waals surface area contributed by atoms with Crippen molar-refractivity contribution in [3.63, 3.8) is 0 Å². The number of nitrogens with zero attached hydrogens (tertiary/aromatic N) is 3. The van der Waals surface area contributed by atoms with Gasteiger partial charge >= 0.3 is 0 Å². The average molecular weight is 314 g/mol. The van der Waals surface area contributed by atoms with Crippen LogP contribution in [0.4, 0.5) is 0 Å². The van der Waals surface area contributed by atoms with Crippen molar-refractivity contribution in [2.45, 2.75) is 33.2 Å². The summed E-state index contributed by atoms with van der Waals surface area (Å²) >= 11 is 0. The Hall–Kier alpha value is -2.37. The molecule has 1 amide bonds. The topological polar surface area (TPSA) is 71.0 Å². The van der Waals surface area contributed by atoms with Gasteiger partial charge in [-0.25, -0.2) is 4.98 Å². The first kappa shape index (κ1) is 15.5. The van der Waals surface area contributed by atoms with Crippen molar-refractivity contribution < 1.29 is 4.79 Å². The highest BCUT2D eigenvalue weighted by Crippen LogP contribution is 2.20. The molecule has 3 rings (SSSR count). The zero-order valence-electron chi connectivity index (χ0n) is 13.6. The number of nitrogens with one attached hydrogen (secondary N) is 1. The molecule has 0 aromatic carbocycles. The number of aromatic amines is 1. The summed E-state index contributed by atoms with van der Waals surface area (Å²) in [6.45, 7) is 6.14. The number of piperidine rings is 1. The minimum Gasteiger partial charge on any atom is -0.338 e. The van der Waals surface area contributed by atoms with E-state index in [9.17, 15) is 9.59 Å². The third kappa shape index (κ3) is 3.52. The highest BCUT2D eigenvalue weighted by Gasteiger charge is 2.25. The molecule has 0 aliphatic carbocycles. The number of imidazole rings is 1. The van der Waals surface area contributed by atoms with Crippen LogP contribution in [0.25, 0.3) is 0 Å². The van der Waals surface area contributed by atoms with Gasteiger partial charge in [-0.1, -0.05) is 0 Å². The van der Waals surface area contributed by atoms with Crippen molar-refractivity contribution in [2.75, 3.05) is 13.1 Å². The van der Waals surface area contributed by atoms with Gasteiger partial charge in [0.2, 0.25) is 5.56 Å². The zero-order chi connectivity index (χ0) is 16.4. The van der Waals surface area contributed by atoms with E-state index in [-0.39, 0.29) is 11.5 Å². The second-order valence-electron chi connectivity index (χ2n) is 6.30. The minimum absolute atomic E-state index is 0.0498. The molecule has 0 saturated carbocycles. The highest BCUT2D eigenvalue weighted by molar-refractivity contribution is 5.94. The lowest BCUT2D eigenvalue weighted by molar-refractivity contribution is 0.0661. The monoisotopic (exact) mass is 314 g/mol. The van der Waals surface area contributed by atoms with Crippen LogP contribution in [0.5, 0.6) is 0 Å². The Bertz CT molecular complexity index is 762. The predicted molar refractivity (Wildman–Crippen MR) is 87.4 cm³/mol. The third-order valence-corrected chi connectivity index (χ3v) is 4.41. The van der Waals surface area contributed by atoms with Crippen molar-refractivity contribution in [1.82, 2.24) is 19.4 Å². The van der Waals surface area contributed by atoms with E-state index in [1.54, 1.807) is 19.2 Å². The van der Waals surface area contributed by atoms with Gasteiger partial charge in [0.25, 0.3) is 5.91 Å². The number of rotatable bonds is 3. The van der Waals surface area contributed by atoms with Crippen LogP contribution < -0.4 is 5.56 Å². The van der Waals surface area contributed by atoms with Crippen LogP contribution in [0.15, 0.2) is 29.3 Å². The van der Waals surface area contributed by atoms with Crippen LogP contribution in [0.3, 0.4) is 0 Å². The number of carbonyl (C=O) groups excluding carboxylic acids is 1. The lowest BCUT2D eigenvalue weighted by atomic mass is 9.97. The summed E-state index contributed by atoms with van der Waals surface area (Å²) in [7, 11) is 0. The summed E-state index contributed by atoms with van der Waals surface area (Å²) in [5.41, 5.74) is 0.963. The first-order valence-electron chi connectivity index (χ1n) is 8.01. The van der Waals surface area contributed by atoms with Crippen molar-refractivity contribution in [3.05, 3.63) is 52.0 Å². The lowest BCUT2D eigenvalue weighted by Gasteiger charge is -2.33. The molecule has 1 fully saturated rings. The molecule has 2 aromatic heterocycles. The Kier molecular flexibility index (Phi) is 4.32. The van der Waals surface area contributed by atoms with E-state index in [1.807, 2.05) is 18.0 Å². The van der Waals surface area contributed by atoms with Crippen molar-refractivity contribution in [2.24, 2.45) is 5.92 Å². The molecule has 1 aliphatic heterocycles. The molecule has 6 heteroatoms. The van der Waals surface area contributed by atoms with Crippen LogP contribution in [0.1, 0.15) is 34.7 Å². The molecule has 1 N–H and O–H groups in total. The van der Waals surface area contributed by atoms with E-state index in [1.165, 1.54) is 6.07 Å². The van der Waals surface area contributed by atoms with Gasteiger partial charge in [0.1, 0.15) is 5.82 Å². The largest absolute Gasteiger partial charge is 0.338 e. The molecule has 0 spiro atoms. The van der Waals surface area contributed by atoms with Gasteiger partial charge in [0.05, 0.1) is 0 Å². The Morgan fingerprint density at radius 3 is 2.91 bits per heavy atom. The van der Waals surface area contributed by atoms with E-state index in [2.05, 4.69) is 14.5 Å². The molecule has 3 heterocycles. The zero-order valence-corrected chi connectivity index (χ0v) is 13.6. The molecule has 0 radical (unpaired) electrons. The van der Waals surface area contributed by atoms with E-state index in [0.717, 1.165) is 38.3 Å². The average Bonchev–Trinajstić information content (AvgIpc) is 2.91. The van der Waals surface area contributed by atoms with Gasteiger partial charge in [-0.2, -0.15) is 0 Å². The fourth-order valence-electron chi connectivity index (χ4n) is 3.26. The summed E-state index contributed by atoms with van der Waals surface area (Å²) in [6, 6.07) is 3.13. The third-order valence-electron chi connectivity index (χ3n) is 4.41. The Morgan fingerprint density at radius 1 is 1.39 bits per heavy atom. The number of likely N-dealkylation sites (tertiary alicyclic amines) is 1. The molecule has 23 heavy (non-hydrogen) atoms. The minimum atomic E-state index is -0.226. The van der Waals surface area contributed by atoms with Crippen LogP contribution in [-0.4, -0.2) is 38.4 Å². The number of hydrogen-bond donors (Lipinski definition) is 1. The van der Waals surface area contributed by atoms with E-state index < -0.39 is 0 Å². The van der Waals surface area contributed by atoms with Crippen molar-refractivity contribution >= 4 is 5.91 Å². The highest BCUT2D eigenvalue weighted by atomic mass is 16.2. The maximum absolute atomic E-state index is 12.7. The lowest BCUT2D eigenvalue weighted by Crippen LogP contribution is -2.41. The molecule has 1 atom stereocenters. The number of H-pyrrole nitrogens is 1. The summed E-state index contributed by atoms with van der Waals surface area (Å²) in [5, 5.41) is 0. The van der Waals surface area contributed by atoms with Crippen molar-refractivity contribution in [1.29, 1.82) is 0 Å². The molecule has 1 saturated heterocycles. The summed E-state index contributed by atoms with van der Waals surface area (Å²) in [4.78, 5) is 33.0. The molecule has 2 aromatic rings. The van der Waals surface area contributed by atoms with E-state index >= 15 is 0 Å². The normalized spacial score (nSPS) is 18.2. The van der Waals surface area contributed by atoms with Gasteiger partial charge in [-0.05, 0) is 38.7 Å². The van der Waals surface area contributed by atoms with E-state index in [4.69, 9.17) is 0 Å². The van der Waals surface area contributed by atoms with Crippen LogP contribution in [0.2, 0.25) is 0 Å². The maximum atomic E-state index is 12.7. The van der Waals surface area contributed by atoms with Crippen molar-refractivity contribution in [3.8, 4) is 0 Å². The Morgan fingerprint density at radius 2 is 2.22 bits per heavy atom. The smallest absolute Gasteiger partial charge is 0.254 e. The first-order valence-corrected chi connectivity index (χ1v) is 8.01. The van der Waals surface area contributed by atoms with Crippen LogP contribution in [0, 0.1) is 19.8 Å². The standard InChI is InChI=1S/C17H22N4O2/c1-12-8-15(9-16(22)19-12)17(23)21-6-3-4-14(11-21)10-20-7-5-18-13(20)2/h5,7-9,14H,3-4,6,10-11H2,1-2H3,(H,19,22). The fraction of sp³-hybridized carbons (Fsp3) is 0.471. The molecule has 6 nitrogen and oxygen atoms in total. The summed E-state index contributed by atoms with van der Waals surface area (Å²) in [6.07, 6.45) is 5.89. The molecule has 1 aliphatic rings. The molecular weight excluding hydrogens is 292 g/mol. The number of aromatic nitrogens is 3. The Labute approximate surface area is 135 Å². The number of pyridine rings is 1. The number of hydrogen-bond acceptors (Lipinski definition) is 3. The van der Waals surface area contributed by atoms with Gasteiger partial charge in [-0.15, -0.1) is 0 Å². The predicted octanol–water partition coefficient (Wildman–Crippen LogP) is 1.74. The fourth-order valence-corrected chi connectivity index (χ4v) is 3.26. The van der Waals surface area contributed by atoms with Gasteiger partial charge in [-0.3, -0.25) is 9.59 Å². The maximum Gasteiger partial charge on any atom is 0.254 e. The quantitative estimate of drug-likeness (QED) is 0.938. The molecule has 0 bridgehead atoms. The summed E-state index contributed by atoms with van der Waals surface area (Å²) in [5.74, 6) is 1.37. The van der Waals surface area contributed by atoms with Gasteiger partial charge < -0.3 is 14.5 Å². The second-order valence-corrected chi connectivity index (χ2v) is 6.30. The van der Waals surface area contributed by atoms with Gasteiger partial charge in [0, 0.05) is 49.4 Å². The Balaban J connectivity index is 1.71. The first-order chi connectivity index (χ1) is 11.0. The molecule has 122 valence electrons. The van der Waals surface area contributed by atoms with Crippen LogP contribution >= 0.6 is 0 Å². The number of aryl methyl sites for hydroxylation is 2. The molecule has 1 unspecified atom stereocenters. The van der Waals surface area contributed by atoms with Gasteiger partial charge in [0.15, 0.2) is 0 Å². The van der Waals surface area contributed by atoms with Crippen LogP contribution in [-0.2, 0) is 6.54 Å². The SMILES string of the molecule is Cc1cc(C(=O)N2CCCC(Cn3ccnc3C)C2)cc(=O)[nH]1. The number of carbonyl (C=O) groups is 1.